The summed E-state index contributed by atoms with van der Waals surface area (Å²) in [7, 11) is 1.65. The van der Waals surface area contributed by atoms with Crippen LogP contribution in [0.4, 0.5) is 5.69 Å². The molecule has 0 aliphatic heterocycles. The lowest BCUT2D eigenvalue weighted by Gasteiger charge is -2.19. The Balaban J connectivity index is 1.56. The van der Waals surface area contributed by atoms with E-state index in [-0.39, 0.29) is 11.3 Å². The molecule has 0 fully saturated rings. The number of benzene rings is 3. The van der Waals surface area contributed by atoms with Crippen molar-refractivity contribution in [2.75, 3.05) is 12.4 Å². The maximum Gasteiger partial charge on any atom is 0.255 e. The van der Waals surface area contributed by atoms with Gasteiger partial charge in [0.25, 0.3) is 5.91 Å². The number of rotatable bonds is 6. The van der Waals surface area contributed by atoms with Crippen molar-refractivity contribution in [2.45, 2.75) is 39.5 Å². The molecule has 1 heterocycles. The summed E-state index contributed by atoms with van der Waals surface area (Å²) in [6.45, 7) is 8.41. The van der Waals surface area contributed by atoms with Gasteiger partial charge in [-0.1, -0.05) is 63.2 Å². The number of amides is 1. The number of nitrogens with one attached hydrogen (secondary N) is 1. The maximum absolute atomic E-state index is 12.9. The number of ether oxygens (including phenoxy) is 1. The van der Waals surface area contributed by atoms with Gasteiger partial charge in [-0.3, -0.25) is 4.79 Å². The molecule has 0 aliphatic rings. The Bertz CT molecular complexity index is 1340. The molecule has 0 unspecified atom stereocenters. The van der Waals surface area contributed by atoms with Crippen molar-refractivity contribution in [3.63, 3.8) is 0 Å². The van der Waals surface area contributed by atoms with Crippen molar-refractivity contribution < 1.29 is 9.53 Å². The monoisotopic (exact) mass is 466 g/mol. The van der Waals surface area contributed by atoms with Crippen LogP contribution < -0.4 is 10.1 Å². The highest BCUT2D eigenvalue weighted by atomic mass is 16.5. The van der Waals surface area contributed by atoms with E-state index in [0.29, 0.717) is 23.6 Å². The highest BCUT2D eigenvalue weighted by Gasteiger charge is 2.16. The second kappa shape index (κ2) is 10.1. The Labute approximate surface area is 206 Å². The van der Waals surface area contributed by atoms with E-state index in [2.05, 4.69) is 36.1 Å². The minimum Gasteiger partial charge on any atom is -0.496 e. The molecule has 6 heteroatoms. The Kier molecular flexibility index (Phi) is 6.92. The van der Waals surface area contributed by atoms with Gasteiger partial charge in [0.05, 0.1) is 7.11 Å². The highest BCUT2D eigenvalue weighted by Crippen LogP contribution is 2.28. The Morgan fingerprint density at radius 3 is 2.40 bits per heavy atom. The van der Waals surface area contributed by atoms with Gasteiger partial charge in [0, 0.05) is 28.8 Å². The van der Waals surface area contributed by atoms with Crippen LogP contribution in [0.5, 0.6) is 5.75 Å². The van der Waals surface area contributed by atoms with Gasteiger partial charge in [-0.25, -0.2) is 15.0 Å². The minimum absolute atomic E-state index is 0.0367. The summed E-state index contributed by atoms with van der Waals surface area (Å²) in [5.41, 5.74) is 5.29. The molecule has 4 rings (SSSR count). The van der Waals surface area contributed by atoms with Crippen LogP contribution >= 0.6 is 0 Å². The maximum atomic E-state index is 12.9. The smallest absolute Gasteiger partial charge is 0.255 e. The first-order valence-corrected chi connectivity index (χ1v) is 11.6. The van der Waals surface area contributed by atoms with Crippen LogP contribution in [0.3, 0.4) is 0 Å². The minimum atomic E-state index is -0.154. The lowest BCUT2D eigenvalue weighted by atomic mass is 9.86. The van der Waals surface area contributed by atoms with Gasteiger partial charge in [0.2, 0.25) is 0 Å². The SMILES string of the molecule is COc1ccccc1Cc1ncnc(-c2cccc(NC(=O)c3ccc(C(C)(C)C)cc3)c2C)n1. The van der Waals surface area contributed by atoms with E-state index in [9.17, 15) is 4.79 Å². The van der Waals surface area contributed by atoms with Crippen molar-refractivity contribution in [3.05, 3.63) is 101 Å². The standard InChI is InChI=1S/C29H30N4O2/c1-19-23(27-31-18-30-26(33-27)17-21-9-6-7-12-25(21)35-5)10-8-11-24(19)32-28(34)20-13-15-22(16-14-20)29(2,3)4/h6-16,18H,17H2,1-5H3,(H,32,34). The lowest BCUT2D eigenvalue weighted by Crippen LogP contribution is -2.15. The van der Waals surface area contributed by atoms with E-state index >= 15 is 0 Å². The van der Waals surface area contributed by atoms with E-state index < -0.39 is 0 Å². The summed E-state index contributed by atoms with van der Waals surface area (Å²) >= 11 is 0. The Hall–Kier alpha value is -4.06. The molecular weight excluding hydrogens is 436 g/mol. The van der Waals surface area contributed by atoms with Crippen LogP contribution in [0.25, 0.3) is 11.4 Å². The summed E-state index contributed by atoms with van der Waals surface area (Å²) in [4.78, 5) is 26.4. The van der Waals surface area contributed by atoms with Crippen molar-refractivity contribution >= 4 is 11.6 Å². The molecular formula is C29H30N4O2. The molecule has 1 N–H and O–H groups in total. The second-order valence-electron chi connectivity index (χ2n) is 9.47. The van der Waals surface area contributed by atoms with E-state index in [4.69, 9.17) is 9.72 Å². The molecule has 0 spiro atoms. The van der Waals surface area contributed by atoms with E-state index in [1.165, 1.54) is 11.9 Å². The van der Waals surface area contributed by atoms with E-state index in [1.807, 2.05) is 73.7 Å². The first kappa shape index (κ1) is 24.1. The zero-order valence-corrected chi connectivity index (χ0v) is 20.8. The molecule has 0 atom stereocenters. The van der Waals surface area contributed by atoms with Crippen LogP contribution in [0.1, 0.15) is 53.6 Å². The largest absolute Gasteiger partial charge is 0.496 e. The Morgan fingerprint density at radius 2 is 1.69 bits per heavy atom. The number of carbonyl (C=O) groups excluding carboxylic acids is 1. The summed E-state index contributed by atoms with van der Waals surface area (Å²) < 4.78 is 5.45. The molecule has 4 aromatic rings. The number of anilines is 1. The van der Waals surface area contributed by atoms with Crippen LogP contribution in [-0.4, -0.2) is 28.0 Å². The number of methoxy groups -OCH3 is 1. The third kappa shape index (κ3) is 5.54. The van der Waals surface area contributed by atoms with Crippen LogP contribution in [0, 0.1) is 6.92 Å². The zero-order valence-electron chi connectivity index (χ0n) is 20.8. The molecule has 35 heavy (non-hydrogen) atoms. The molecule has 0 saturated carbocycles. The number of aromatic nitrogens is 3. The second-order valence-corrected chi connectivity index (χ2v) is 9.47. The molecule has 178 valence electrons. The fourth-order valence-corrected chi connectivity index (χ4v) is 3.89. The molecule has 0 radical (unpaired) electrons. The number of hydrogen-bond acceptors (Lipinski definition) is 5. The summed E-state index contributed by atoms with van der Waals surface area (Å²) in [5.74, 6) is 1.85. The third-order valence-corrected chi connectivity index (χ3v) is 6.00. The van der Waals surface area contributed by atoms with Gasteiger partial charge in [-0.2, -0.15) is 0 Å². The summed E-state index contributed by atoms with van der Waals surface area (Å²) in [6, 6.07) is 21.3. The predicted octanol–water partition coefficient (Wildman–Crippen LogP) is 6.00. The summed E-state index contributed by atoms with van der Waals surface area (Å²) in [6.07, 6.45) is 2.05. The van der Waals surface area contributed by atoms with Gasteiger partial charge in [0.1, 0.15) is 17.9 Å². The fraction of sp³-hybridized carbons (Fsp3) is 0.241. The predicted molar refractivity (Wildman–Crippen MR) is 139 cm³/mol. The number of carbonyl (C=O) groups is 1. The molecule has 0 saturated heterocycles. The number of hydrogen-bond donors (Lipinski definition) is 1. The molecule has 0 bridgehead atoms. The average Bonchev–Trinajstić information content (AvgIpc) is 2.85. The van der Waals surface area contributed by atoms with Gasteiger partial charge < -0.3 is 10.1 Å². The van der Waals surface area contributed by atoms with E-state index in [0.717, 1.165) is 28.1 Å². The van der Waals surface area contributed by atoms with Gasteiger partial charge in [0.15, 0.2) is 5.82 Å². The number of nitrogens with zero attached hydrogens (tertiary/aromatic N) is 3. The van der Waals surface area contributed by atoms with Gasteiger partial charge in [-0.15, -0.1) is 0 Å². The lowest BCUT2D eigenvalue weighted by molar-refractivity contribution is 0.102. The van der Waals surface area contributed by atoms with Gasteiger partial charge >= 0.3 is 0 Å². The summed E-state index contributed by atoms with van der Waals surface area (Å²) in [5, 5.41) is 3.04. The van der Waals surface area contributed by atoms with Crippen LogP contribution in [0.15, 0.2) is 73.1 Å². The Morgan fingerprint density at radius 1 is 0.943 bits per heavy atom. The average molecular weight is 467 g/mol. The normalized spacial score (nSPS) is 11.2. The first-order chi connectivity index (χ1) is 16.8. The first-order valence-electron chi connectivity index (χ1n) is 11.6. The molecule has 6 nitrogen and oxygen atoms in total. The molecule has 3 aromatic carbocycles. The highest BCUT2D eigenvalue weighted by molar-refractivity contribution is 6.05. The van der Waals surface area contributed by atoms with Crippen molar-refractivity contribution in [2.24, 2.45) is 0 Å². The molecule has 1 aromatic heterocycles. The van der Waals surface area contributed by atoms with Crippen LogP contribution in [0.2, 0.25) is 0 Å². The van der Waals surface area contributed by atoms with E-state index in [1.54, 1.807) is 7.11 Å². The third-order valence-electron chi connectivity index (χ3n) is 6.00. The van der Waals surface area contributed by atoms with Crippen molar-refractivity contribution in [1.82, 2.24) is 15.0 Å². The van der Waals surface area contributed by atoms with Crippen molar-refractivity contribution in [3.8, 4) is 17.1 Å². The fourth-order valence-electron chi connectivity index (χ4n) is 3.89. The number of para-hydroxylation sites is 1. The van der Waals surface area contributed by atoms with Gasteiger partial charge in [-0.05, 0) is 47.7 Å². The molecule has 1 amide bonds. The van der Waals surface area contributed by atoms with Crippen LogP contribution in [-0.2, 0) is 11.8 Å². The zero-order chi connectivity index (χ0) is 25.0. The quantitative estimate of drug-likeness (QED) is 0.377. The topological polar surface area (TPSA) is 77.0 Å². The molecule has 0 aliphatic carbocycles. The van der Waals surface area contributed by atoms with Crippen molar-refractivity contribution in [1.29, 1.82) is 0 Å².